The first-order valence-electron chi connectivity index (χ1n) is 7.79. The molecule has 2 nitrogen and oxygen atoms in total. The Balaban J connectivity index is 2.13. The molecule has 1 atom stereocenters. The molecule has 0 radical (unpaired) electrons. The first-order chi connectivity index (χ1) is 9.76. The predicted molar refractivity (Wildman–Crippen MR) is 87.0 cm³/mol. The molecule has 0 spiro atoms. The standard InChI is InChI=1S/C17H25BrO2/c1-3-10-19-15-9-8-14(12-16(15)20-11-4-2)17(18)13-6-5-7-13/h8-9,12-13,17H,3-7,10-11H2,1-2H3. The Bertz CT molecular complexity index is 415. The summed E-state index contributed by atoms with van der Waals surface area (Å²) in [6.07, 6.45) is 6.05. The van der Waals surface area contributed by atoms with Crippen LogP contribution in [0.15, 0.2) is 18.2 Å². The zero-order valence-corrected chi connectivity index (χ0v) is 14.1. The molecule has 1 aliphatic rings. The second-order valence-electron chi connectivity index (χ2n) is 5.50. The molecule has 1 aromatic rings. The van der Waals surface area contributed by atoms with Gasteiger partial charge in [-0.2, -0.15) is 0 Å². The molecular weight excluding hydrogens is 316 g/mol. The van der Waals surface area contributed by atoms with Crippen LogP contribution in [0.3, 0.4) is 0 Å². The first kappa shape index (κ1) is 15.7. The van der Waals surface area contributed by atoms with Crippen LogP contribution in [0.1, 0.15) is 56.3 Å². The van der Waals surface area contributed by atoms with Gasteiger partial charge in [0.15, 0.2) is 11.5 Å². The monoisotopic (exact) mass is 340 g/mol. The maximum absolute atomic E-state index is 5.86. The molecule has 3 heteroatoms. The minimum Gasteiger partial charge on any atom is -0.490 e. The number of rotatable bonds is 8. The number of ether oxygens (including phenoxy) is 2. The molecule has 1 aromatic carbocycles. The lowest BCUT2D eigenvalue weighted by atomic mass is 9.81. The fourth-order valence-corrected chi connectivity index (χ4v) is 3.17. The van der Waals surface area contributed by atoms with Gasteiger partial charge in [-0.15, -0.1) is 0 Å². The van der Waals surface area contributed by atoms with E-state index in [1.54, 1.807) is 0 Å². The Morgan fingerprint density at radius 2 is 1.75 bits per heavy atom. The van der Waals surface area contributed by atoms with Gasteiger partial charge < -0.3 is 9.47 Å². The molecule has 0 amide bonds. The molecule has 0 aliphatic heterocycles. The Kier molecular flexibility index (Phi) is 6.21. The Morgan fingerprint density at radius 1 is 1.10 bits per heavy atom. The van der Waals surface area contributed by atoms with Gasteiger partial charge in [-0.05, 0) is 49.3 Å². The molecule has 0 saturated heterocycles. The van der Waals surface area contributed by atoms with Crippen molar-refractivity contribution >= 4 is 15.9 Å². The third kappa shape index (κ3) is 3.91. The summed E-state index contributed by atoms with van der Waals surface area (Å²) in [7, 11) is 0. The van der Waals surface area contributed by atoms with Gasteiger partial charge in [-0.1, -0.05) is 42.3 Å². The molecular formula is C17H25BrO2. The Morgan fingerprint density at radius 3 is 2.30 bits per heavy atom. The predicted octanol–water partition coefficient (Wildman–Crippen LogP) is 5.50. The minimum absolute atomic E-state index is 0.445. The summed E-state index contributed by atoms with van der Waals surface area (Å²) in [5.74, 6) is 2.54. The van der Waals surface area contributed by atoms with Crippen LogP contribution in [0, 0.1) is 5.92 Å². The minimum atomic E-state index is 0.445. The number of alkyl halides is 1. The summed E-state index contributed by atoms with van der Waals surface area (Å²) in [4.78, 5) is 0.445. The van der Waals surface area contributed by atoms with Crippen molar-refractivity contribution in [2.45, 2.75) is 50.8 Å². The lowest BCUT2D eigenvalue weighted by molar-refractivity contribution is 0.267. The molecule has 112 valence electrons. The van der Waals surface area contributed by atoms with E-state index < -0.39 is 0 Å². The maximum atomic E-state index is 5.86. The summed E-state index contributed by atoms with van der Waals surface area (Å²) >= 11 is 3.85. The topological polar surface area (TPSA) is 18.5 Å². The largest absolute Gasteiger partial charge is 0.490 e. The summed E-state index contributed by atoms with van der Waals surface area (Å²) in [6, 6.07) is 6.38. The fourth-order valence-electron chi connectivity index (χ4n) is 2.36. The van der Waals surface area contributed by atoms with Crippen molar-refractivity contribution < 1.29 is 9.47 Å². The SMILES string of the molecule is CCCOc1ccc(C(Br)C2CCC2)cc1OCCC. The highest BCUT2D eigenvalue weighted by Gasteiger charge is 2.27. The van der Waals surface area contributed by atoms with Gasteiger partial charge >= 0.3 is 0 Å². The van der Waals surface area contributed by atoms with E-state index in [4.69, 9.17) is 9.47 Å². The zero-order chi connectivity index (χ0) is 14.4. The lowest BCUT2D eigenvalue weighted by Crippen LogP contribution is -2.16. The molecule has 20 heavy (non-hydrogen) atoms. The second-order valence-corrected chi connectivity index (χ2v) is 6.48. The van der Waals surface area contributed by atoms with E-state index in [0.29, 0.717) is 4.83 Å². The highest BCUT2D eigenvalue weighted by Crippen LogP contribution is 2.44. The van der Waals surface area contributed by atoms with Crippen molar-refractivity contribution in [3.8, 4) is 11.5 Å². The van der Waals surface area contributed by atoms with Crippen molar-refractivity contribution in [2.75, 3.05) is 13.2 Å². The van der Waals surface area contributed by atoms with E-state index in [1.807, 2.05) is 0 Å². The van der Waals surface area contributed by atoms with Crippen LogP contribution in [0.5, 0.6) is 11.5 Å². The molecule has 0 heterocycles. The maximum Gasteiger partial charge on any atom is 0.161 e. The van der Waals surface area contributed by atoms with E-state index in [9.17, 15) is 0 Å². The molecule has 1 saturated carbocycles. The Hall–Kier alpha value is -0.700. The molecule has 1 fully saturated rings. The normalized spacial score (nSPS) is 16.6. The highest BCUT2D eigenvalue weighted by molar-refractivity contribution is 9.09. The average Bonchev–Trinajstić information content (AvgIpc) is 2.41. The second kappa shape index (κ2) is 7.92. The van der Waals surface area contributed by atoms with Crippen molar-refractivity contribution in [1.82, 2.24) is 0 Å². The van der Waals surface area contributed by atoms with Crippen LogP contribution in [-0.2, 0) is 0 Å². The number of hydrogen-bond donors (Lipinski definition) is 0. The molecule has 0 N–H and O–H groups in total. The van der Waals surface area contributed by atoms with E-state index in [2.05, 4.69) is 48.0 Å². The summed E-state index contributed by atoms with van der Waals surface area (Å²) in [5, 5.41) is 0. The fraction of sp³-hybridized carbons (Fsp3) is 0.647. The van der Waals surface area contributed by atoms with Crippen LogP contribution in [-0.4, -0.2) is 13.2 Å². The number of halogens is 1. The van der Waals surface area contributed by atoms with E-state index in [-0.39, 0.29) is 0 Å². The van der Waals surface area contributed by atoms with Crippen LogP contribution >= 0.6 is 15.9 Å². The van der Waals surface area contributed by atoms with E-state index in [0.717, 1.165) is 43.5 Å². The van der Waals surface area contributed by atoms with Gasteiger partial charge in [0.2, 0.25) is 0 Å². The van der Waals surface area contributed by atoms with Crippen molar-refractivity contribution in [2.24, 2.45) is 5.92 Å². The number of benzene rings is 1. The summed E-state index contributed by atoms with van der Waals surface area (Å²) in [6.45, 7) is 5.72. The molecule has 0 aromatic heterocycles. The summed E-state index contributed by atoms with van der Waals surface area (Å²) in [5.41, 5.74) is 1.31. The summed E-state index contributed by atoms with van der Waals surface area (Å²) < 4.78 is 11.6. The van der Waals surface area contributed by atoms with Gasteiger partial charge in [-0.25, -0.2) is 0 Å². The zero-order valence-electron chi connectivity index (χ0n) is 12.5. The molecule has 1 unspecified atom stereocenters. The van der Waals surface area contributed by atoms with Crippen molar-refractivity contribution in [1.29, 1.82) is 0 Å². The molecule has 0 bridgehead atoms. The smallest absolute Gasteiger partial charge is 0.161 e. The molecule has 2 rings (SSSR count). The van der Waals surface area contributed by atoms with Crippen LogP contribution < -0.4 is 9.47 Å². The van der Waals surface area contributed by atoms with E-state index in [1.165, 1.54) is 24.8 Å². The lowest BCUT2D eigenvalue weighted by Gasteiger charge is -2.30. The van der Waals surface area contributed by atoms with Gasteiger partial charge in [-0.3, -0.25) is 0 Å². The molecule has 1 aliphatic carbocycles. The van der Waals surface area contributed by atoms with Crippen LogP contribution in [0.2, 0.25) is 0 Å². The Labute approximate surface area is 131 Å². The third-order valence-corrected chi connectivity index (χ3v) is 5.05. The van der Waals surface area contributed by atoms with Gasteiger partial charge in [0, 0.05) is 4.83 Å². The van der Waals surface area contributed by atoms with Gasteiger partial charge in [0.1, 0.15) is 0 Å². The quantitative estimate of drug-likeness (QED) is 0.581. The van der Waals surface area contributed by atoms with Gasteiger partial charge in [0.25, 0.3) is 0 Å². The van der Waals surface area contributed by atoms with Crippen molar-refractivity contribution in [3.05, 3.63) is 23.8 Å². The van der Waals surface area contributed by atoms with Crippen LogP contribution in [0.4, 0.5) is 0 Å². The van der Waals surface area contributed by atoms with Crippen molar-refractivity contribution in [3.63, 3.8) is 0 Å². The van der Waals surface area contributed by atoms with Crippen LogP contribution in [0.25, 0.3) is 0 Å². The first-order valence-corrected chi connectivity index (χ1v) is 8.71. The van der Waals surface area contributed by atoms with Gasteiger partial charge in [0.05, 0.1) is 13.2 Å². The highest BCUT2D eigenvalue weighted by atomic mass is 79.9. The third-order valence-electron chi connectivity index (χ3n) is 3.77. The van der Waals surface area contributed by atoms with E-state index >= 15 is 0 Å². The number of hydrogen-bond acceptors (Lipinski definition) is 2. The average molecular weight is 341 g/mol.